The summed E-state index contributed by atoms with van der Waals surface area (Å²) in [7, 11) is -3.41. The number of hydrogen-bond donors (Lipinski definition) is 1. The molecule has 1 aliphatic rings. The molecule has 138 valence electrons. The maximum absolute atomic E-state index is 13.2. The largest absolute Gasteiger partial charge is 0.418 e. The average molecular weight is 403 g/mol. The highest BCUT2D eigenvalue weighted by Crippen LogP contribution is 2.47. The van der Waals surface area contributed by atoms with Gasteiger partial charge in [0.2, 0.25) is 0 Å². The summed E-state index contributed by atoms with van der Waals surface area (Å²) in [4.78, 5) is 0.391. The Bertz CT molecular complexity index is 950. The van der Waals surface area contributed by atoms with E-state index in [1.807, 2.05) is 0 Å². The van der Waals surface area contributed by atoms with Crippen LogP contribution in [0.2, 0.25) is 0 Å². The molecule has 0 spiro atoms. The van der Waals surface area contributed by atoms with E-state index in [4.69, 9.17) is 0 Å². The van der Waals surface area contributed by atoms with Crippen molar-refractivity contribution < 1.29 is 26.0 Å². The minimum absolute atomic E-state index is 0.0724. The molecule has 0 aliphatic carbocycles. The van der Waals surface area contributed by atoms with E-state index in [1.54, 1.807) is 0 Å². The van der Waals surface area contributed by atoms with Crippen LogP contribution in [0, 0.1) is 5.82 Å². The van der Waals surface area contributed by atoms with Gasteiger partial charge in [-0.3, -0.25) is 0 Å². The van der Waals surface area contributed by atoms with Crippen molar-refractivity contribution in [2.24, 2.45) is 0 Å². The van der Waals surface area contributed by atoms with Crippen LogP contribution in [0.25, 0.3) is 10.6 Å². The SMILES string of the molecule is CS(=O)(=O)c1ccc(C2=C(c3ccc(F)cc3)SC(C(F)(F)F)N2)cc1. The van der Waals surface area contributed by atoms with Gasteiger partial charge in [0.25, 0.3) is 0 Å². The van der Waals surface area contributed by atoms with Gasteiger partial charge in [-0.15, -0.1) is 0 Å². The highest BCUT2D eigenvalue weighted by Gasteiger charge is 2.45. The number of sulfone groups is 1. The lowest BCUT2D eigenvalue weighted by Gasteiger charge is -2.16. The van der Waals surface area contributed by atoms with Gasteiger partial charge >= 0.3 is 6.18 Å². The molecular weight excluding hydrogens is 390 g/mol. The molecule has 0 saturated heterocycles. The minimum atomic E-state index is -4.48. The van der Waals surface area contributed by atoms with Crippen LogP contribution in [-0.2, 0) is 9.84 Å². The Morgan fingerprint density at radius 1 is 0.962 bits per heavy atom. The minimum Gasteiger partial charge on any atom is -0.364 e. The van der Waals surface area contributed by atoms with E-state index < -0.39 is 27.2 Å². The van der Waals surface area contributed by atoms with E-state index in [1.165, 1.54) is 48.5 Å². The van der Waals surface area contributed by atoms with Crippen LogP contribution in [0.4, 0.5) is 17.6 Å². The predicted octanol–water partition coefficient (Wildman–Crippen LogP) is 4.28. The number of alkyl halides is 3. The van der Waals surface area contributed by atoms with Crippen molar-refractivity contribution in [1.29, 1.82) is 0 Å². The highest BCUT2D eigenvalue weighted by molar-refractivity contribution is 8.09. The van der Waals surface area contributed by atoms with E-state index in [-0.39, 0.29) is 10.6 Å². The first-order valence-electron chi connectivity index (χ1n) is 7.36. The monoisotopic (exact) mass is 403 g/mol. The van der Waals surface area contributed by atoms with Gasteiger partial charge in [0.15, 0.2) is 15.2 Å². The summed E-state index contributed by atoms with van der Waals surface area (Å²) < 4.78 is 75.8. The average Bonchev–Trinajstić information content (AvgIpc) is 3.00. The fourth-order valence-corrected chi connectivity index (χ4v) is 4.19. The molecule has 2 aromatic rings. The third-order valence-corrected chi connectivity index (χ3v) is 6.14. The third kappa shape index (κ3) is 3.88. The second-order valence-electron chi connectivity index (χ2n) is 5.69. The molecular formula is C17H13F4NO2S2. The summed E-state index contributed by atoms with van der Waals surface area (Å²) in [5, 5.41) is 0.602. The van der Waals surface area contributed by atoms with Crippen LogP contribution in [0.3, 0.4) is 0 Å². The molecule has 0 saturated carbocycles. The van der Waals surface area contributed by atoms with Crippen LogP contribution in [0.15, 0.2) is 53.4 Å². The van der Waals surface area contributed by atoms with Crippen LogP contribution < -0.4 is 5.32 Å². The Balaban J connectivity index is 2.06. The molecule has 26 heavy (non-hydrogen) atoms. The first-order valence-corrected chi connectivity index (χ1v) is 10.1. The normalized spacial score (nSPS) is 18.1. The zero-order valence-electron chi connectivity index (χ0n) is 13.3. The van der Waals surface area contributed by atoms with Crippen molar-refractivity contribution in [1.82, 2.24) is 5.32 Å². The molecule has 1 atom stereocenters. The van der Waals surface area contributed by atoms with Crippen molar-refractivity contribution >= 4 is 32.2 Å². The molecule has 0 radical (unpaired) electrons. The smallest absolute Gasteiger partial charge is 0.364 e. The fraction of sp³-hybridized carbons (Fsp3) is 0.176. The maximum atomic E-state index is 13.2. The molecule has 3 rings (SSSR count). The summed E-state index contributed by atoms with van der Waals surface area (Å²) >= 11 is 0.592. The molecule has 3 nitrogen and oxygen atoms in total. The molecule has 2 aromatic carbocycles. The standard InChI is InChI=1S/C17H13F4NO2S2/c1-26(23,24)13-8-4-10(5-9-13)14-15(11-2-6-12(18)7-3-11)25-16(22-14)17(19,20)21/h2-9,16,22H,1H3. The number of hydrogen-bond acceptors (Lipinski definition) is 4. The summed E-state index contributed by atoms with van der Waals surface area (Å²) in [6.45, 7) is 0. The second kappa shape index (κ2) is 6.62. The Morgan fingerprint density at radius 3 is 2.00 bits per heavy atom. The van der Waals surface area contributed by atoms with Gasteiger partial charge in [0, 0.05) is 11.2 Å². The molecule has 0 aromatic heterocycles. The van der Waals surface area contributed by atoms with Gasteiger partial charge in [0.05, 0.1) is 10.6 Å². The van der Waals surface area contributed by atoms with Crippen molar-refractivity contribution in [3.8, 4) is 0 Å². The van der Waals surface area contributed by atoms with Gasteiger partial charge in [-0.25, -0.2) is 12.8 Å². The van der Waals surface area contributed by atoms with E-state index in [0.29, 0.717) is 27.8 Å². The van der Waals surface area contributed by atoms with Gasteiger partial charge < -0.3 is 5.32 Å². The molecule has 0 bridgehead atoms. The summed E-state index contributed by atoms with van der Waals surface area (Å²) in [5.74, 6) is -0.489. The number of thioether (sulfide) groups is 1. The second-order valence-corrected chi connectivity index (χ2v) is 8.82. The number of halogens is 4. The van der Waals surface area contributed by atoms with Crippen LogP contribution in [-0.4, -0.2) is 26.2 Å². The fourth-order valence-electron chi connectivity index (χ4n) is 2.45. The van der Waals surface area contributed by atoms with E-state index in [2.05, 4.69) is 5.32 Å². The van der Waals surface area contributed by atoms with Crippen LogP contribution in [0.1, 0.15) is 11.1 Å². The first-order chi connectivity index (χ1) is 12.1. The van der Waals surface area contributed by atoms with Crippen LogP contribution in [0.5, 0.6) is 0 Å². The maximum Gasteiger partial charge on any atom is 0.418 e. The van der Waals surface area contributed by atoms with E-state index in [9.17, 15) is 26.0 Å². The highest BCUT2D eigenvalue weighted by atomic mass is 32.2. The summed E-state index contributed by atoms with van der Waals surface area (Å²) in [6, 6.07) is 10.7. The van der Waals surface area contributed by atoms with E-state index >= 15 is 0 Å². The zero-order chi connectivity index (χ0) is 19.1. The lowest BCUT2D eigenvalue weighted by Crippen LogP contribution is -2.35. The first kappa shape index (κ1) is 18.8. The lowest BCUT2D eigenvalue weighted by molar-refractivity contribution is -0.131. The zero-order valence-corrected chi connectivity index (χ0v) is 15.0. The molecule has 0 fully saturated rings. The number of benzene rings is 2. The molecule has 1 unspecified atom stereocenters. The van der Waals surface area contributed by atoms with Gasteiger partial charge in [-0.05, 0) is 35.4 Å². The number of nitrogens with one attached hydrogen (secondary N) is 1. The van der Waals surface area contributed by atoms with E-state index in [0.717, 1.165) is 6.26 Å². The predicted molar refractivity (Wildman–Crippen MR) is 93.3 cm³/mol. The molecule has 0 amide bonds. The molecule has 1 aliphatic heterocycles. The van der Waals surface area contributed by atoms with Crippen molar-refractivity contribution in [3.63, 3.8) is 0 Å². The summed E-state index contributed by atoms with van der Waals surface area (Å²) in [6.07, 6.45) is -3.43. The van der Waals surface area contributed by atoms with Gasteiger partial charge in [-0.1, -0.05) is 36.0 Å². The molecule has 9 heteroatoms. The van der Waals surface area contributed by atoms with Crippen molar-refractivity contribution in [3.05, 3.63) is 65.5 Å². The quantitative estimate of drug-likeness (QED) is 0.777. The van der Waals surface area contributed by atoms with Gasteiger partial charge in [0.1, 0.15) is 5.82 Å². The third-order valence-electron chi connectivity index (χ3n) is 3.71. The van der Waals surface area contributed by atoms with Gasteiger partial charge in [-0.2, -0.15) is 13.2 Å². The van der Waals surface area contributed by atoms with Crippen molar-refractivity contribution in [2.45, 2.75) is 16.4 Å². The summed E-state index contributed by atoms with van der Waals surface area (Å²) in [5.41, 5.74) is 1.08. The topological polar surface area (TPSA) is 46.2 Å². The Hall–Kier alpha value is -2.00. The Morgan fingerprint density at radius 2 is 1.50 bits per heavy atom. The molecule has 1 N–H and O–H groups in total. The Labute approximate surface area is 152 Å². The molecule has 1 heterocycles. The Kier molecular flexibility index (Phi) is 4.78. The number of rotatable bonds is 3. The lowest BCUT2D eigenvalue weighted by atomic mass is 10.1. The van der Waals surface area contributed by atoms with Crippen molar-refractivity contribution in [2.75, 3.05) is 6.26 Å². The van der Waals surface area contributed by atoms with Crippen LogP contribution >= 0.6 is 11.8 Å².